The lowest BCUT2D eigenvalue weighted by Crippen LogP contribution is -2.32. The van der Waals surface area contributed by atoms with E-state index in [2.05, 4.69) is 20.2 Å². The Kier molecular flexibility index (Phi) is 6.20. The molecule has 0 saturated heterocycles. The number of hydrogen-bond donors (Lipinski definition) is 2. The van der Waals surface area contributed by atoms with Crippen molar-refractivity contribution in [3.63, 3.8) is 0 Å². The molecule has 1 fully saturated rings. The molecule has 0 radical (unpaired) electrons. The quantitative estimate of drug-likeness (QED) is 0.505. The van der Waals surface area contributed by atoms with Crippen molar-refractivity contribution in [2.75, 3.05) is 4.72 Å². The number of rotatable bonds is 8. The second-order valence-corrected chi connectivity index (χ2v) is 10.2. The van der Waals surface area contributed by atoms with Crippen molar-refractivity contribution >= 4 is 21.6 Å². The summed E-state index contributed by atoms with van der Waals surface area (Å²) in [5, 5.41) is 6.91. The Hall–Kier alpha value is -3.27. The number of halogens is 1. The molecule has 3 aromatic rings. The monoisotopic (exact) mass is 472 g/mol. The normalized spacial score (nSPS) is 14.8. The average molecular weight is 473 g/mol. The van der Waals surface area contributed by atoms with Gasteiger partial charge in [-0.25, -0.2) is 12.8 Å². The number of amides is 1. The maximum Gasteiger partial charge on any atom is 0.261 e. The molecule has 33 heavy (non-hydrogen) atoms. The predicted octanol–water partition coefficient (Wildman–Crippen LogP) is 4.32. The van der Waals surface area contributed by atoms with Gasteiger partial charge in [-0.05, 0) is 61.6 Å². The fourth-order valence-corrected chi connectivity index (χ4v) is 4.36. The number of aromatic nitrogens is 2. The molecule has 0 aliphatic heterocycles. The van der Waals surface area contributed by atoms with E-state index in [9.17, 15) is 17.6 Å². The zero-order chi connectivity index (χ0) is 23.8. The Morgan fingerprint density at radius 2 is 1.94 bits per heavy atom. The number of sulfonamides is 1. The van der Waals surface area contributed by atoms with Crippen LogP contribution in [-0.4, -0.2) is 24.5 Å². The van der Waals surface area contributed by atoms with Crippen LogP contribution in [0.15, 0.2) is 51.9 Å². The van der Waals surface area contributed by atoms with Gasteiger partial charge in [0.15, 0.2) is 5.82 Å². The van der Waals surface area contributed by atoms with Crippen LogP contribution in [0.3, 0.4) is 0 Å². The highest BCUT2D eigenvalue weighted by atomic mass is 32.2. The zero-order valence-corrected chi connectivity index (χ0v) is 19.3. The first-order valence-electron chi connectivity index (χ1n) is 10.7. The van der Waals surface area contributed by atoms with Gasteiger partial charge in [0.2, 0.25) is 5.89 Å². The van der Waals surface area contributed by atoms with Gasteiger partial charge in [-0.15, -0.1) is 0 Å². The molecule has 1 unspecified atom stereocenters. The first kappa shape index (κ1) is 22.9. The van der Waals surface area contributed by atoms with Gasteiger partial charge in [0, 0.05) is 17.2 Å². The van der Waals surface area contributed by atoms with E-state index in [1.807, 2.05) is 13.8 Å². The number of anilines is 1. The molecule has 2 aromatic carbocycles. The number of carbonyl (C=O) groups excluding carboxylic acids is 1. The summed E-state index contributed by atoms with van der Waals surface area (Å²) in [6.45, 7) is 5.40. The summed E-state index contributed by atoms with van der Waals surface area (Å²) >= 11 is 0. The number of aryl methyl sites for hydroxylation is 1. The van der Waals surface area contributed by atoms with Crippen LogP contribution < -0.4 is 10.0 Å². The van der Waals surface area contributed by atoms with E-state index in [0.29, 0.717) is 23.2 Å². The van der Waals surface area contributed by atoms with Gasteiger partial charge in [-0.1, -0.05) is 31.1 Å². The summed E-state index contributed by atoms with van der Waals surface area (Å²) in [6, 6.07) is 9.24. The predicted molar refractivity (Wildman–Crippen MR) is 120 cm³/mol. The number of nitrogens with zero attached hydrogens (tertiary/aromatic N) is 2. The highest BCUT2D eigenvalue weighted by Gasteiger charge is 2.31. The van der Waals surface area contributed by atoms with Crippen LogP contribution in [0.2, 0.25) is 0 Å². The van der Waals surface area contributed by atoms with Gasteiger partial charge in [0.25, 0.3) is 15.9 Å². The first-order chi connectivity index (χ1) is 15.6. The molecule has 10 heteroatoms. The minimum atomic E-state index is -4.03. The summed E-state index contributed by atoms with van der Waals surface area (Å²) < 4.78 is 46.9. The third-order valence-corrected chi connectivity index (χ3v) is 6.83. The Bertz CT molecular complexity index is 1290. The van der Waals surface area contributed by atoms with Crippen molar-refractivity contribution in [3.8, 4) is 0 Å². The van der Waals surface area contributed by atoms with Crippen molar-refractivity contribution < 1.29 is 22.1 Å². The Morgan fingerprint density at radius 1 is 1.18 bits per heavy atom. The summed E-state index contributed by atoms with van der Waals surface area (Å²) in [5.74, 6) is 0.295. The third kappa shape index (κ3) is 5.22. The van der Waals surface area contributed by atoms with Crippen LogP contribution in [0.5, 0.6) is 0 Å². The second-order valence-electron chi connectivity index (χ2n) is 8.56. The smallest absolute Gasteiger partial charge is 0.261 e. The van der Waals surface area contributed by atoms with Crippen LogP contribution in [0, 0.1) is 18.7 Å². The standard InChI is InChI=1S/C23H25FN4O4S/c1-13(2)20(23-26-21(27-32-23)15-8-9-15)25-22(29)16-5-4-6-17(11-16)28-33(30,31)18-10-7-14(3)19(24)12-18/h4-7,10-13,15,20,28H,8-9H2,1-3H3,(H,25,29). The zero-order valence-electron chi connectivity index (χ0n) is 18.5. The molecule has 0 spiro atoms. The molecule has 0 bridgehead atoms. The highest BCUT2D eigenvalue weighted by Crippen LogP contribution is 2.38. The molecular formula is C23H25FN4O4S. The molecule has 1 aromatic heterocycles. The lowest BCUT2D eigenvalue weighted by Gasteiger charge is -2.19. The molecule has 1 aliphatic rings. The van der Waals surface area contributed by atoms with E-state index in [0.717, 1.165) is 18.9 Å². The topological polar surface area (TPSA) is 114 Å². The maximum absolute atomic E-state index is 13.8. The SMILES string of the molecule is Cc1ccc(S(=O)(=O)Nc2cccc(C(=O)NC(c3nc(C4CC4)no3)C(C)C)c2)cc1F. The van der Waals surface area contributed by atoms with Crippen molar-refractivity contribution in [2.24, 2.45) is 5.92 Å². The van der Waals surface area contributed by atoms with E-state index in [1.165, 1.54) is 24.3 Å². The van der Waals surface area contributed by atoms with Crippen molar-refractivity contribution in [2.45, 2.75) is 50.5 Å². The molecule has 1 amide bonds. The van der Waals surface area contributed by atoms with Crippen LogP contribution in [0.25, 0.3) is 0 Å². The van der Waals surface area contributed by atoms with Crippen LogP contribution in [0.4, 0.5) is 10.1 Å². The third-order valence-electron chi connectivity index (χ3n) is 5.45. The van der Waals surface area contributed by atoms with Crippen LogP contribution in [0.1, 0.15) is 66.3 Å². The summed E-state index contributed by atoms with van der Waals surface area (Å²) in [4.78, 5) is 17.2. The Balaban J connectivity index is 1.51. The van der Waals surface area contributed by atoms with Gasteiger partial charge < -0.3 is 9.84 Å². The Labute approximate surface area is 191 Å². The number of hydrogen-bond acceptors (Lipinski definition) is 6. The van der Waals surface area contributed by atoms with Gasteiger partial charge in [0.1, 0.15) is 11.9 Å². The molecular weight excluding hydrogens is 447 g/mol. The molecule has 1 aliphatic carbocycles. The fraction of sp³-hybridized carbons (Fsp3) is 0.348. The van der Waals surface area contributed by atoms with Crippen LogP contribution in [-0.2, 0) is 10.0 Å². The van der Waals surface area contributed by atoms with E-state index in [-0.39, 0.29) is 22.1 Å². The number of carbonyl (C=O) groups is 1. The van der Waals surface area contributed by atoms with Gasteiger partial charge in [0.05, 0.1) is 4.90 Å². The largest absolute Gasteiger partial charge is 0.340 e. The fourth-order valence-electron chi connectivity index (χ4n) is 3.30. The molecule has 8 nitrogen and oxygen atoms in total. The Morgan fingerprint density at radius 3 is 2.61 bits per heavy atom. The molecule has 1 atom stereocenters. The van der Waals surface area contributed by atoms with Crippen molar-refractivity contribution in [1.82, 2.24) is 15.5 Å². The lowest BCUT2D eigenvalue weighted by molar-refractivity contribution is 0.0914. The molecule has 1 heterocycles. The average Bonchev–Trinajstić information content (AvgIpc) is 3.50. The van der Waals surface area contributed by atoms with Gasteiger partial charge in [-0.3, -0.25) is 9.52 Å². The van der Waals surface area contributed by atoms with E-state index in [1.54, 1.807) is 19.1 Å². The molecule has 4 rings (SSSR count). The number of benzene rings is 2. The molecule has 174 valence electrons. The second kappa shape index (κ2) is 8.93. The van der Waals surface area contributed by atoms with Gasteiger partial charge >= 0.3 is 0 Å². The van der Waals surface area contributed by atoms with E-state index >= 15 is 0 Å². The van der Waals surface area contributed by atoms with Crippen molar-refractivity contribution in [3.05, 3.63) is 71.1 Å². The van der Waals surface area contributed by atoms with Crippen molar-refractivity contribution in [1.29, 1.82) is 0 Å². The molecule has 2 N–H and O–H groups in total. The minimum absolute atomic E-state index is 0.0143. The molecule has 1 saturated carbocycles. The minimum Gasteiger partial charge on any atom is -0.340 e. The van der Waals surface area contributed by atoms with E-state index < -0.39 is 27.8 Å². The first-order valence-corrected chi connectivity index (χ1v) is 12.2. The summed E-state index contributed by atoms with van der Waals surface area (Å²) in [5.41, 5.74) is 0.772. The van der Waals surface area contributed by atoms with Gasteiger partial charge in [-0.2, -0.15) is 4.98 Å². The summed E-state index contributed by atoms with van der Waals surface area (Å²) in [7, 11) is -4.03. The lowest BCUT2D eigenvalue weighted by atomic mass is 10.0. The van der Waals surface area contributed by atoms with E-state index in [4.69, 9.17) is 4.52 Å². The van der Waals surface area contributed by atoms with Crippen LogP contribution >= 0.6 is 0 Å². The maximum atomic E-state index is 13.8. The number of nitrogens with one attached hydrogen (secondary N) is 2. The summed E-state index contributed by atoms with van der Waals surface area (Å²) in [6.07, 6.45) is 2.07. The highest BCUT2D eigenvalue weighted by molar-refractivity contribution is 7.92.